The lowest BCUT2D eigenvalue weighted by Gasteiger charge is -2.08. The minimum atomic E-state index is -0.790. The molecule has 0 aliphatic carbocycles. The highest BCUT2D eigenvalue weighted by molar-refractivity contribution is 5.99. The number of rotatable bonds is 9. The Bertz CT molecular complexity index is 884. The van der Waals surface area contributed by atoms with Crippen LogP contribution in [-0.4, -0.2) is 34.5 Å². The zero-order valence-corrected chi connectivity index (χ0v) is 15.1. The number of nitrogens with zero attached hydrogens (tertiary/aromatic N) is 2. The molecule has 0 bridgehead atoms. The molecule has 0 amide bonds. The molecule has 1 aromatic heterocycles. The maximum Gasteiger partial charge on any atom is 0.344 e. The summed E-state index contributed by atoms with van der Waals surface area (Å²) in [5, 5.41) is 10.9. The maximum absolute atomic E-state index is 12.3. The minimum Gasteiger partial charge on any atom is -0.475 e. The smallest absolute Gasteiger partial charge is 0.344 e. The number of nitro groups is 1. The van der Waals surface area contributed by atoms with E-state index >= 15 is 0 Å². The highest BCUT2D eigenvalue weighted by atomic mass is 16.6. The number of Topliss-reactive ketones (excluding diaryl/α,β-unsaturated/α-hetero) is 1. The standard InChI is InChI=1S/C19H20N2O6/c1-4-9-20-13(2)10-15(14(20)3)17(22)11-27-19(23)12-26-18-8-6-5-7-16(18)21(24)25/h4-8,10H,1,9,11-12H2,2-3H3. The number of ether oxygens (including phenoxy) is 2. The number of hydrogen-bond acceptors (Lipinski definition) is 6. The normalized spacial score (nSPS) is 10.3. The first-order valence-electron chi connectivity index (χ1n) is 8.17. The molecule has 0 radical (unpaired) electrons. The summed E-state index contributed by atoms with van der Waals surface area (Å²) in [7, 11) is 0. The van der Waals surface area contributed by atoms with Crippen LogP contribution in [0.1, 0.15) is 21.7 Å². The SMILES string of the molecule is C=CCn1c(C)cc(C(=O)COC(=O)COc2ccccc2[N+](=O)[O-])c1C. The van der Waals surface area contributed by atoms with Gasteiger partial charge in [0.05, 0.1) is 4.92 Å². The predicted molar refractivity (Wildman–Crippen MR) is 98.0 cm³/mol. The summed E-state index contributed by atoms with van der Waals surface area (Å²) < 4.78 is 12.0. The highest BCUT2D eigenvalue weighted by Gasteiger charge is 2.18. The number of hydrogen-bond donors (Lipinski definition) is 0. The second-order valence-corrected chi connectivity index (χ2v) is 5.78. The van der Waals surface area contributed by atoms with Crippen molar-refractivity contribution in [3.05, 3.63) is 70.1 Å². The number of ketones is 1. The number of aromatic nitrogens is 1. The fraction of sp³-hybridized carbons (Fsp3) is 0.263. The first kappa shape index (κ1) is 19.9. The minimum absolute atomic E-state index is 0.0428. The molecular formula is C19H20N2O6. The Morgan fingerprint density at radius 3 is 2.63 bits per heavy atom. The van der Waals surface area contributed by atoms with Crippen LogP contribution >= 0.6 is 0 Å². The summed E-state index contributed by atoms with van der Waals surface area (Å²) in [5.74, 6) is -1.17. The second-order valence-electron chi connectivity index (χ2n) is 5.78. The van der Waals surface area contributed by atoms with Crippen LogP contribution in [0.25, 0.3) is 0 Å². The topological polar surface area (TPSA) is 101 Å². The second kappa shape index (κ2) is 8.79. The van der Waals surface area contributed by atoms with E-state index in [0.29, 0.717) is 12.1 Å². The molecule has 2 aromatic rings. The molecule has 0 saturated carbocycles. The fourth-order valence-electron chi connectivity index (χ4n) is 2.63. The van der Waals surface area contributed by atoms with Gasteiger partial charge in [0.25, 0.3) is 0 Å². The summed E-state index contributed by atoms with van der Waals surface area (Å²) in [5.41, 5.74) is 1.89. The zero-order chi connectivity index (χ0) is 20.0. The number of esters is 1. The Morgan fingerprint density at radius 1 is 1.26 bits per heavy atom. The van der Waals surface area contributed by atoms with Crippen molar-refractivity contribution in [2.75, 3.05) is 13.2 Å². The van der Waals surface area contributed by atoms with Crippen molar-refractivity contribution in [1.29, 1.82) is 0 Å². The Hall–Kier alpha value is -3.42. The van der Waals surface area contributed by atoms with E-state index in [4.69, 9.17) is 9.47 Å². The molecule has 1 heterocycles. The molecule has 0 saturated heterocycles. The predicted octanol–water partition coefficient (Wildman–Crippen LogP) is 3.00. The van der Waals surface area contributed by atoms with Gasteiger partial charge in [0.2, 0.25) is 5.78 Å². The van der Waals surface area contributed by atoms with Gasteiger partial charge in [-0.1, -0.05) is 18.2 Å². The van der Waals surface area contributed by atoms with Crippen molar-refractivity contribution >= 4 is 17.4 Å². The van der Waals surface area contributed by atoms with Gasteiger partial charge >= 0.3 is 11.7 Å². The zero-order valence-electron chi connectivity index (χ0n) is 15.1. The van der Waals surface area contributed by atoms with Crippen LogP contribution in [0.5, 0.6) is 5.75 Å². The average molecular weight is 372 g/mol. The summed E-state index contributed by atoms with van der Waals surface area (Å²) in [6.07, 6.45) is 1.73. The van der Waals surface area contributed by atoms with Gasteiger partial charge in [-0.2, -0.15) is 0 Å². The highest BCUT2D eigenvalue weighted by Crippen LogP contribution is 2.25. The first-order chi connectivity index (χ1) is 12.8. The van der Waals surface area contributed by atoms with Crippen LogP contribution in [0.15, 0.2) is 43.0 Å². The van der Waals surface area contributed by atoms with Crippen molar-refractivity contribution in [2.45, 2.75) is 20.4 Å². The van der Waals surface area contributed by atoms with Gasteiger partial charge in [0, 0.05) is 29.6 Å². The molecule has 27 heavy (non-hydrogen) atoms. The van der Waals surface area contributed by atoms with Gasteiger partial charge in [-0.3, -0.25) is 14.9 Å². The fourth-order valence-corrected chi connectivity index (χ4v) is 2.63. The van der Waals surface area contributed by atoms with E-state index in [1.54, 1.807) is 18.2 Å². The molecule has 142 valence electrons. The Balaban J connectivity index is 1.93. The van der Waals surface area contributed by atoms with Crippen molar-refractivity contribution < 1.29 is 24.0 Å². The van der Waals surface area contributed by atoms with Crippen LogP contribution in [0.3, 0.4) is 0 Å². The summed E-state index contributed by atoms with van der Waals surface area (Å²) in [6.45, 7) is 6.98. The summed E-state index contributed by atoms with van der Waals surface area (Å²) in [6, 6.07) is 7.42. The Morgan fingerprint density at radius 2 is 1.96 bits per heavy atom. The van der Waals surface area contributed by atoms with Crippen LogP contribution < -0.4 is 4.74 Å². The van der Waals surface area contributed by atoms with Gasteiger partial charge in [0.1, 0.15) is 0 Å². The van der Waals surface area contributed by atoms with Crippen LogP contribution in [0.2, 0.25) is 0 Å². The number of allylic oxidation sites excluding steroid dienone is 1. The van der Waals surface area contributed by atoms with Gasteiger partial charge in [0.15, 0.2) is 19.0 Å². The Labute approximate surface area is 156 Å². The third kappa shape index (κ3) is 4.81. The lowest BCUT2D eigenvalue weighted by Crippen LogP contribution is -2.20. The molecule has 0 fully saturated rings. The molecule has 0 spiro atoms. The van der Waals surface area contributed by atoms with Crippen molar-refractivity contribution in [3.8, 4) is 5.75 Å². The molecule has 0 N–H and O–H groups in total. The summed E-state index contributed by atoms with van der Waals surface area (Å²) >= 11 is 0. The number of nitro benzene ring substituents is 1. The summed E-state index contributed by atoms with van der Waals surface area (Å²) in [4.78, 5) is 34.4. The van der Waals surface area contributed by atoms with E-state index in [-0.39, 0.29) is 17.2 Å². The van der Waals surface area contributed by atoms with Crippen molar-refractivity contribution in [2.24, 2.45) is 0 Å². The number of aryl methyl sites for hydroxylation is 1. The van der Waals surface area contributed by atoms with E-state index in [0.717, 1.165) is 11.4 Å². The largest absolute Gasteiger partial charge is 0.475 e. The van der Waals surface area contributed by atoms with Gasteiger partial charge in [-0.15, -0.1) is 6.58 Å². The number of carbonyl (C=O) groups excluding carboxylic acids is 2. The van der Waals surface area contributed by atoms with Gasteiger partial charge < -0.3 is 14.0 Å². The van der Waals surface area contributed by atoms with Crippen molar-refractivity contribution in [1.82, 2.24) is 4.57 Å². The number of benzene rings is 1. The maximum atomic E-state index is 12.3. The molecule has 0 unspecified atom stereocenters. The van der Waals surface area contributed by atoms with Crippen molar-refractivity contribution in [3.63, 3.8) is 0 Å². The lowest BCUT2D eigenvalue weighted by atomic mass is 10.1. The van der Waals surface area contributed by atoms with Gasteiger partial charge in [-0.05, 0) is 26.0 Å². The molecule has 2 rings (SSSR count). The third-order valence-electron chi connectivity index (χ3n) is 3.96. The van der Waals surface area contributed by atoms with E-state index in [9.17, 15) is 19.7 Å². The quantitative estimate of drug-likeness (QED) is 0.220. The van der Waals surface area contributed by atoms with E-state index in [1.807, 2.05) is 18.4 Å². The number of carbonyl (C=O) groups is 2. The number of para-hydroxylation sites is 2. The molecule has 8 nitrogen and oxygen atoms in total. The molecule has 0 aliphatic rings. The molecule has 0 aliphatic heterocycles. The van der Waals surface area contributed by atoms with E-state index in [2.05, 4.69) is 6.58 Å². The monoisotopic (exact) mass is 372 g/mol. The van der Waals surface area contributed by atoms with Crippen LogP contribution in [0.4, 0.5) is 5.69 Å². The average Bonchev–Trinajstić information content (AvgIpc) is 2.93. The molecule has 0 atom stereocenters. The van der Waals surface area contributed by atoms with Crippen LogP contribution in [0, 0.1) is 24.0 Å². The lowest BCUT2D eigenvalue weighted by molar-refractivity contribution is -0.385. The molecule has 1 aromatic carbocycles. The van der Waals surface area contributed by atoms with Crippen LogP contribution in [-0.2, 0) is 16.1 Å². The third-order valence-corrected chi connectivity index (χ3v) is 3.96. The van der Waals surface area contributed by atoms with E-state index in [1.165, 1.54) is 18.2 Å². The van der Waals surface area contributed by atoms with Gasteiger partial charge in [-0.25, -0.2) is 4.79 Å². The first-order valence-corrected chi connectivity index (χ1v) is 8.17. The molecule has 8 heteroatoms. The molecular weight excluding hydrogens is 352 g/mol. The Kier molecular flexibility index (Phi) is 6.48. The van der Waals surface area contributed by atoms with E-state index < -0.39 is 24.1 Å².